The van der Waals surface area contributed by atoms with Gasteiger partial charge in [-0.25, -0.2) is 22.8 Å². The van der Waals surface area contributed by atoms with Crippen molar-refractivity contribution in [3.8, 4) is 11.3 Å². The van der Waals surface area contributed by atoms with Crippen molar-refractivity contribution in [2.45, 2.75) is 88.6 Å². The Kier molecular flexibility index (Phi) is 14.5. The second kappa shape index (κ2) is 19.5. The van der Waals surface area contributed by atoms with E-state index in [0.29, 0.717) is 22.6 Å². The Morgan fingerprint density at radius 3 is 2.15 bits per heavy atom. The monoisotopic (exact) mass is 775 g/mol. The standard InChI is InChI=1S/C40H46ClN5O7S/c1-2-3-4-5-6-7-8-9-10-17-24-42-54(51,52)31-22-23-32(41)34(25-31)43-39(49)37(38(48)35-26-33(44-53-35)30-20-15-12-16-21-30)46-36(47)28-45(40(46)50)27-29-18-13-11-14-19-29/h11-16,18-23,25-26,37,42H,2-10,17,24,27-28H2,1H3,(H,43,49). The van der Waals surface area contributed by atoms with Gasteiger partial charge >= 0.3 is 6.03 Å². The third kappa shape index (κ3) is 10.6. The number of benzene rings is 3. The predicted molar refractivity (Wildman–Crippen MR) is 206 cm³/mol. The van der Waals surface area contributed by atoms with Crippen LogP contribution in [0.1, 0.15) is 87.3 Å². The molecule has 12 nitrogen and oxygen atoms in total. The Balaban J connectivity index is 1.30. The van der Waals surface area contributed by atoms with E-state index < -0.39 is 39.7 Å². The number of imide groups is 1. The lowest BCUT2D eigenvalue weighted by Gasteiger charge is -2.24. The van der Waals surface area contributed by atoms with Gasteiger partial charge in [0, 0.05) is 24.7 Å². The van der Waals surface area contributed by atoms with Crippen LogP contribution >= 0.6 is 11.6 Å². The number of Topliss-reactive ketones (excluding diaryl/α,β-unsaturated/α-hetero) is 1. The quantitative estimate of drug-likeness (QED) is 0.0375. The van der Waals surface area contributed by atoms with Crippen LogP contribution in [0.15, 0.2) is 94.3 Å². The van der Waals surface area contributed by atoms with E-state index in [-0.39, 0.29) is 41.0 Å². The average molecular weight is 776 g/mol. The molecule has 1 unspecified atom stereocenters. The molecule has 0 aliphatic carbocycles. The summed E-state index contributed by atoms with van der Waals surface area (Å²) >= 11 is 6.42. The second-order valence-electron chi connectivity index (χ2n) is 13.3. The summed E-state index contributed by atoms with van der Waals surface area (Å²) in [5.41, 5.74) is 1.54. The number of halogens is 1. The first kappa shape index (κ1) is 40.3. The van der Waals surface area contributed by atoms with Crippen molar-refractivity contribution in [1.29, 1.82) is 0 Å². The topological polar surface area (TPSA) is 159 Å². The van der Waals surface area contributed by atoms with Crippen molar-refractivity contribution in [2.75, 3.05) is 18.4 Å². The van der Waals surface area contributed by atoms with Crippen molar-refractivity contribution in [3.63, 3.8) is 0 Å². The molecule has 0 spiro atoms. The number of urea groups is 1. The molecule has 4 amide bonds. The van der Waals surface area contributed by atoms with Gasteiger partial charge in [0.1, 0.15) is 12.2 Å². The number of carbonyl (C=O) groups is 4. The number of aromatic nitrogens is 1. The second-order valence-corrected chi connectivity index (χ2v) is 15.5. The number of nitrogens with one attached hydrogen (secondary N) is 2. The maximum Gasteiger partial charge on any atom is 0.328 e. The molecular formula is C40H46ClN5O7S. The molecule has 1 aliphatic rings. The summed E-state index contributed by atoms with van der Waals surface area (Å²) < 4.78 is 34.4. The van der Waals surface area contributed by atoms with Gasteiger partial charge in [-0.1, -0.05) is 142 Å². The van der Waals surface area contributed by atoms with Crippen molar-refractivity contribution < 1.29 is 32.1 Å². The van der Waals surface area contributed by atoms with E-state index in [0.717, 1.165) is 24.8 Å². The van der Waals surface area contributed by atoms with E-state index >= 15 is 0 Å². The number of hydrogen-bond donors (Lipinski definition) is 2. The van der Waals surface area contributed by atoms with Gasteiger partial charge in [-0.3, -0.25) is 14.4 Å². The summed E-state index contributed by atoms with van der Waals surface area (Å²) in [6.07, 6.45) is 11.1. The van der Waals surface area contributed by atoms with Crippen LogP contribution in [0.4, 0.5) is 10.5 Å². The molecule has 286 valence electrons. The molecule has 2 N–H and O–H groups in total. The number of sulfonamides is 1. The fourth-order valence-corrected chi connectivity index (χ4v) is 7.51. The first-order chi connectivity index (χ1) is 26.1. The molecule has 1 aromatic heterocycles. The molecular weight excluding hydrogens is 730 g/mol. The van der Waals surface area contributed by atoms with Gasteiger partial charge in [-0.2, -0.15) is 0 Å². The van der Waals surface area contributed by atoms with E-state index in [1.54, 1.807) is 48.5 Å². The van der Waals surface area contributed by atoms with Gasteiger partial charge in [0.15, 0.2) is 6.04 Å². The number of amides is 4. The number of hydrogen-bond acceptors (Lipinski definition) is 8. The molecule has 3 aromatic carbocycles. The summed E-state index contributed by atoms with van der Waals surface area (Å²) in [5, 5.41) is 6.43. The molecule has 1 aliphatic heterocycles. The lowest BCUT2D eigenvalue weighted by atomic mass is 10.1. The lowest BCUT2D eigenvalue weighted by molar-refractivity contribution is -0.131. The normalized spacial score (nSPS) is 13.7. The van der Waals surface area contributed by atoms with E-state index in [2.05, 4.69) is 22.1 Å². The molecule has 5 rings (SSSR count). The Bertz CT molecular complexity index is 2010. The van der Waals surface area contributed by atoms with E-state index in [4.69, 9.17) is 16.1 Å². The highest BCUT2D eigenvalue weighted by Crippen LogP contribution is 2.28. The van der Waals surface area contributed by atoms with Crippen LogP contribution in [-0.2, 0) is 26.2 Å². The number of anilines is 1. The van der Waals surface area contributed by atoms with Crippen molar-refractivity contribution in [1.82, 2.24) is 19.7 Å². The van der Waals surface area contributed by atoms with Crippen LogP contribution in [0, 0.1) is 0 Å². The molecule has 0 radical (unpaired) electrons. The van der Waals surface area contributed by atoms with Crippen LogP contribution in [0.3, 0.4) is 0 Å². The minimum atomic E-state index is -3.99. The smallest absolute Gasteiger partial charge is 0.328 e. The Morgan fingerprint density at radius 1 is 0.852 bits per heavy atom. The highest BCUT2D eigenvalue weighted by atomic mass is 35.5. The van der Waals surface area contributed by atoms with Crippen LogP contribution in [0.5, 0.6) is 0 Å². The van der Waals surface area contributed by atoms with Crippen molar-refractivity contribution in [3.05, 3.63) is 101 Å². The van der Waals surface area contributed by atoms with Gasteiger partial charge in [0.25, 0.3) is 11.8 Å². The van der Waals surface area contributed by atoms with E-state index in [1.807, 2.05) is 12.1 Å². The van der Waals surface area contributed by atoms with Gasteiger partial charge in [0.05, 0.1) is 15.6 Å². The molecule has 0 bridgehead atoms. The van der Waals surface area contributed by atoms with Crippen LogP contribution in [0.25, 0.3) is 11.3 Å². The van der Waals surface area contributed by atoms with Gasteiger partial charge in [-0.05, 0) is 30.2 Å². The molecule has 54 heavy (non-hydrogen) atoms. The van der Waals surface area contributed by atoms with E-state index in [1.165, 1.54) is 67.7 Å². The molecule has 4 aromatic rings. The number of ketones is 1. The summed E-state index contributed by atoms with van der Waals surface area (Å²) in [7, 11) is -3.99. The van der Waals surface area contributed by atoms with Crippen LogP contribution in [0.2, 0.25) is 5.02 Å². The van der Waals surface area contributed by atoms with Gasteiger partial charge in [-0.15, -0.1) is 0 Å². The molecule has 0 saturated carbocycles. The highest BCUT2D eigenvalue weighted by Gasteiger charge is 2.48. The number of unbranched alkanes of at least 4 members (excludes halogenated alkanes) is 9. The Hall–Kier alpha value is -4.85. The molecule has 1 atom stereocenters. The van der Waals surface area contributed by atoms with Crippen molar-refractivity contribution in [2.24, 2.45) is 0 Å². The third-order valence-corrected chi connectivity index (χ3v) is 11.0. The number of carbonyl (C=O) groups excluding carboxylic acids is 4. The zero-order valence-corrected chi connectivity index (χ0v) is 31.9. The Labute approximate surface area is 321 Å². The fraction of sp³-hybridized carbons (Fsp3) is 0.375. The van der Waals surface area contributed by atoms with E-state index in [9.17, 15) is 27.6 Å². The minimum Gasteiger partial charge on any atom is -0.352 e. The molecule has 2 heterocycles. The predicted octanol–water partition coefficient (Wildman–Crippen LogP) is 7.85. The first-order valence-corrected chi connectivity index (χ1v) is 20.3. The third-order valence-electron chi connectivity index (χ3n) is 9.19. The minimum absolute atomic E-state index is 0.0287. The number of rotatable bonds is 21. The SMILES string of the molecule is CCCCCCCCCCCCNS(=O)(=O)c1ccc(Cl)c(NC(=O)C(C(=O)c2cc(-c3ccccc3)no2)N2C(=O)CN(Cc3ccccc3)C2=O)c1. The number of nitrogens with zero attached hydrogens (tertiary/aromatic N) is 3. The maximum atomic E-state index is 14.1. The first-order valence-electron chi connectivity index (χ1n) is 18.4. The van der Waals surface area contributed by atoms with Crippen LogP contribution < -0.4 is 10.0 Å². The maximum absolute atomic E-state index is 14.1. The fourth-order valence-electron chi connectivity index (χ4n) is 6.24. The van der Waals surface area contributed by atoms with Crippen molar-refractivity contribution >= 4 is 50.9 Å². The van der Waals surface area contributed by atoms with Gasteiger partial charge in [0.2, 0.25) is 21.6 Å². The summed E-state index contributed by atoms with van der Waals surface area (Å²) in [4.78, 5) is 56.9. The molecule has 1 saturated heterocycles. The Morgan fingerprint density at radius 2 is 1.48 bits per heavy atom. The molecule has 1 fully saturated rings. The average Bonchev–Trinajstić information content (AvgIpc) is 3.77. The van der Waals surface area contributed by atoms with Crippen LogP contribution in [-0.4, -0.2) is 66.1 Å². The summed E-state index contributed by atoms with van der Waals surface area (Å²) in [6.45, 7) is 2.12. The van der Waals surface area contributed by atoms with Gasteiger partial charge < -0.3 is 14.7 Å². The summed E-state index contributed by atoms with van der Waals surface area (Å²) in [6, 6.07) is 20.0. The molecule has 14 heteroatoms. The lowest BCUT2D eigenvalue weighted by Crippen LogP contribution is -2.52. The highest BCUT2D eigenvalue weighted by molar-refractivity contribution is 7.89. The zero-order valence-electron chi connectivity index (χ0n) is 30.3. The summed E-state index contributed by atoms with van der Waals surface area (Å²) in [5.74, 6) is -3.26. The zero-order chi connectivity index (χ0) is 38.5. The largest absolute Gasteiger partial charge is 0.352 e.